The monoisotopic (exact) mass is 309 g/mol. The lowest BCUT2D eigenvalue weighted by molar-refractivity contribution is -0.142. The second-order valence-electron chi connectivity index (χ2n) is 7.30. The number of fused-ring (bicyclic) bond motifs is 1. The van der Waals surface area contributed by atoms with Gasteiger partial charge in [0, 0.05) is 26.2 Å². The van der Waals surface area contributed by atoms with Gasteiger partial charge in [0.1, 0.15) is 11.0 Å². The molecule has 3 saturated heterocycles. The van der Waals surface area contributed by atoms with Gasteiger partial charge in [-0.1, -0.05) is 0 Å². The summed E-state index contributed by atoms with van der Waals surface area (Å²) < 4.78 is 5.38. The molecule has 0 atom stereocenters. The summed E-state index contributed by atoms with van der Waals surface area (Å²) in [5.74, 6) is -0.300. The molecule has 3 fully saturated rings. The number of carbonyl (C=O) groups is 3. The van der Waals surface area contributed by atoms with Crippen LogP contribution >= 0.6 is 0 Å². The van der Waals surface area contributed by atoms with Crippen LogP contribution in [0.2, 0.25) is 0 Å². The fourth-order valence-corrected chi connectivity index (χ4v) is 3.51. The number of piperidine rings is 1. The standard InChI is InChI=1S/C15H23N3O4/c1-14(2,3)22-13(21)16-7-4-6-15(10-16)11(19)17-8-5-9-18(17)12(15)20/h4-10H2,1-3H3. The topological polar surface area (TPSA) is 70.2 Å². The van der Waals surface area contributed by atoms with Gasteiger partial charge >= 0.3 is 6.09 Å². The van der Waals surface area contributed by atoms with Gasteiger partial charge in [0.15, 0.2) is 0 Å². The summed E-state index contributed by atoms with van der Waals surface area (Å²) in [6, 6.07) is 0. The predicted molar refractivity (Wildman–Crippen MR) is 77.5 cm³/mol. The van der Waals surface area contributed by atoms with Gasteiger partial charge in [-0.3, -0.25) is 19.6 Å². The van der Waals surface area contributed by atoms with Crippen LogP contribution in [0.3, 0.4) is 0 Å². The van der Waals surface area contributed by atoms with Crippen molar-refractivity contribution in [3.8, 4) is 0 Å². The fraction of sp³-hybridized carbons (Fsp3) is 0.800. The predicted octanol–water partition coefficient (Wildman–Crippen LogP) is 0.993. The van der Waals surface area contributed by atoms with Gasteiger partial charge in [0.05, 0.1) is 0 Å². The molecule has 0 bridgehead atoms. The van der Waals surface area contributed by atoms with E-state index in [0.29, 0.717) is 32.5 Å². The Kier molecular flexibility index (Phi) is 3.34. The Morgan fingerprint density at radius 1 is 1.05 bits per heavy atom. The molecule has 0 aromatic rings. The van der Waals surface area contributed by atoms with E-state index in [1.807, 2.05) is 0 Å². The maximum Gasteiger partial charge on any atom is 0.410 e. The first kappa shape index (κ1) is 15.1. The Bertz CT molecular complexity index is 503. The third kappa shape index (κ3) is 2.23. The van der Waals surface area contributed by atoms with Gasteiger partial charge < -0.3 is 9.64 Å². The van der Waals surface area contributed by atoms with Crippen LogP contribution in [0, 0.1) is 5.41 Å². The van der Waals surface area contributed by atoms with Crippen LogP contribution in [-0.4, -0.2) is 64.6 Å². The molecule has 0 unspecified atom stereocenters. The number of likely N-dealkylation sites (tertiary alicyclic amines) is 1. The van der Waals surface area contributed by atoms with E-state index in [-0.39, 0.29) is 18.4 Å². The van der Waals surface area contributed by atoms with Gasteiger partial charge in [0.25, 0.3) is 11.8 Å². The highest BCUT2D eigenvalue weighted by molar-refractivity contribution is 6.10. The van der Waals surface area contributed by atoms with Gasteiger partial charge in [-0.2, -0.15) is 0 Å². The molecule has 3 aliphatic rings. The first-order chi connectivity index (χ1) is 10.2. The SMILES string of the molecule is CC(C)(C)OC(=O)N1CCCC2(C1)C(=O)N1CCCN1C2=O. The second-order valence-corrected chi connectivity index (χ2v) is 7.30. The van der Waals surface area contributed by atoms with Crippen LogP contribution in [0.5, 0.6) is 0 Å². The molecule has 0 aromatic carbocycles. The van der Waals surface area contributed by atoms with Crippen molar-refractivity contribution in [3.05, 3.63) is 0 Å². The van der Waals surface area contributed by atoms with Gasteiger partial charge in [-0.25, -0.2) is 4.79 Å². The molecule has 122 valence electrons. The van der Waals surface area contributed by atoms with E-state index < -0.39 is 17.1 Å². The molecule has 0 saturated carbocycles. The summed E-state index contributed by atoms with van der Waals surface area (Å²) in [4.78, 5) is 39.2. The Morgan fingerprint density at radius 3 is 2.18 bits per heavy atom. The summed E-state index contributed by atoms with van der Waals surface area (Å²) in [7, 11) is 0. The van der Waals surface area contributed by atoms with Gasteiger partial charge in [-0.15, -0.1) is 0 Å². The number of hydrogen-bond donors (Lipinski definition) is 0. The normalized spacial score (nSPS) is 24.2. The van der Waals surface area contributed by atoms with Gasteiger partial charge in [-0.05, 0) is 40.0 Å². The van der Waals surface area contributed by atoms with Crippen molar-refractivity contribution >= 4 is 17.9 Å². The van der Waals surface area contributed by atoms with Crippen LogP contribution in [0.25, 0.3) is 0 Å². The highest BCUT2D eigenvalue weighted by Gasteiger charge is 2.61. The van der Waals surface area contributed by atoms with Crippen LogP contribution in [0.15, 0.2) is 0 Å². The van der Waals surface area contributed by atoms with E-state index in [2.05, 4.69) is 0 Å². The summed E-state index contributed by atoms with van der Waals surface area (Å²) in [5, 5.41) is 3.11. The molecule has 0 N–H and O–H groups in total. The minimum atomic E-state index is -1.09. The molecule has 7 heteroatoms. The summed E-state index contributed by atoms with van der Waals surface area (Å²) >= 11 is 0. The van der Waals surface area contributed by atoms with Crippen LogP contribution in [0.1, 0.15) is 40.0 Å². The van der Waals surface area contributed by atoms with E-state index in [0.717, 1.165) is 6.42 Å². The minimum Gasteiger partial charge on any atom is -0.444 e. The molecule has 0 aliphatic carbocycles. The molecule has 1 spiro atoms. The van der Waals surface area contributed by atoms with Crippen molar-refractivity contribution in [1.82, 2.24) is 14.9 Å². The van der Waals surface area contributed by atoms with Crippen molar-refractivity contribution < 1.29 is 19.1 Å². The second kappa shape index (κ2) is 4.86. The lowest BCUT2D eigenvalue weighted by atomic mass is 9.79. The zero-order valence-corrected chi connectivity index (χ0v) is 13.4. The Hall–Kier alpha value is -1.79. The summed E-state index contributed by atoms with van der Waals surface area (Å²) in [6.45, 7) is 7.26. The number of ether oxygens (including phenoxy) is 1. The quantitative estimate of drug-likeness (QED) is 0.626. The Labute approximate surface area is 130 Å². The van der Waals surface area contributed by atoms with Crippen molar-refractivity contribution in [2.75, 3.05) is 26.2 Å². The van der Waals surface area contributed by atoms with Crippen LogP contribution in [0.4, 0.5) is 4.79 Å². The van der Waals surface area contributed by atoms with E-state index in [9.17, 15) is 14.4 Å². The Morgan fingerprint density at radius 2 is 1.64 bits per heavy atom. The lowest BCUT2D eigenvalue weighted by Crippen LogP contribution is -2.53. The third-order valence-electron chi connectivity index (χ3n) is 4.46. The molecular weight excluding hydrogens is 286 g/mol. The van der Waals surface area contributed by atoms with Crippen molar-refractivity contribution in [1.29, 1.82) is 0 Å². The van der Waals surface area contributed by atoms with Crippen LogP contribution in [-0.2, 0) is 14.3 Å². The molecule has 3 aliphatic heterocycles. The molecular formula is C15H23N3O4. The minimum absolute atomic E-state index is 0.132. The molecule has 22 heavy (non-hydrogen) atoms. The lowest BCUT2D eigenvalue weighted by Gasteiger charge is -2.37. The van der Waals surface area contributed by atoms with E-state index in [4.69, 9.17) is 4.74 Å². The zero-order valence-electron chi connectivity index (χ0n) is 13.4. The average Bonchev–Trinajstić information content (AvgIpc) is 2.98. The first-order valence-electron chi connectivity index (χ1n) is 7.86. The maximum atomic E-state index is 12.7. The summed E-state index contributed by atoms with van der Waals surface area (Å²) in [6.07, 6.45) is 1.52. The van der Waals surface area contributed by atoms with Crippen molar-refractivity contribution in [2.24, 2.45) is 5.41 Å². The molecule has 0 radical (unpaired) electrons. The number of nitrogens with zero attached hydrogens (tertiary/aromatic N) is 3. The number of amides is 3. The zero-order chi connectivity index (χ0) is 16.1. The first-order valence-corrected chi connectivity index (χ1v) is 7.86. The number of rotatable bonds is 0. The van der Waals surface area contributed by atoms with E-state index in [1.54, 1.807) is 30.8 Å². The van der Waals surface area contributed by atoms with E-state index in [1.165, 1.54) is 4.90 Å². The maximum absolute atomic E-state index is 12.7. The molecule has 3 amide bonds. The Balaban J connectivity index is 1.79. The molecule has 7 nitrogen and oxygen atoms in total. The number of hydrogen-bond acceptors (Lipinski definition) is 4. The number of carbonyl (C=O) groups excluding carboxylic acids is 3. The molecule has 3 rings (SSSR count). The largest absolute Gasteiger partial charge is 0.444 e. The van der Waals surface area contributed by atoms with Crippen LogP contribution < -0.4 is 0 Å². The molecule has 0 aromatic heterocycles. The van der Waals surface area contributed by atoms with Gasteiger partial charge in [0.2, 0.25) is 0 Å². The van der Waals surface area contributed by atoms with Crippen molar-refractivity contribution in [2.45, 2.75) is 45.6 Å². The smallest absolute Gasteiger partial charge is 0.410 e. The average molecular weight is 309 g/mol. The fourth-order valence-electron chi connectivity index (χ4n) is 3.51. The highest BCUT2D eigenvalue weighted by atomic mass is 16.6. The number of hydrazine groups is 1. The summed E-state index contributed by atoms with van der Waals surface area (Å²) in [5.41, 5.74) is -1.68. The van der Waals surface area contributed by atoms with Crippen molar-refractivity contribution in [3.63, 3.8) is 0 Å². The van der Waals surface area contributed by atoms with E-state index >= 15 is 0 Å². The molecule has 3 heterocycles. The highest BCUT2D eigenvalue weighted by Crippen LogP contribution is 2.41. The third-order valence-corrected chi connectivity index (χ3v) is 4.46.